The van der Waals surface area contributed by atoms with Crippen molar-refractivity contribution in [1.82, 2.24) is 0 Å². The highest BCUT2D eigenvalue weighted by Gasteiger charge is 2.19. The number of carbonyl (C=O) groups is 2. The lowest BCUT2D eigenvalue weighted by Crippen LogP contribution is -2.09. The number of carbonyl (C=O) groups excluding carboxylic acids is 2. The molecule has 0 aromatic rings. The molecule has 0 aliphatic rings. The second-order valence-electron chi connectivity index (χ2n) is 1.93. The molecular weight excluding hydrogens is 244 g/mol. The average Bonchev–Trinajstić information content (AvgIpc) is 2.22. The number of methoxy groups -OCH3 is 2. The fourth-order valence-corrected chi connectivity index (χ4v) is 1.88. The number of rotatable bonds is 4. The zero-order valence-electron chi connectivity index (χ0n) is 7.64. The molecule has 0 heterocycles. The Hall–Kier alpha value is -0.270. The normalized spacial score (nSPS) is 11.7. The van der Waals surface area contributed by atoms with Crippen LogP contribution in [0.25, 0.3) is 0 Å². The maximum absolute atomic E-state index is 11.2. The first kappa shape index (κ1) is 13.7. The molecule has 4 nitrogen and oxygen atoms in total. The molecule has 7 heteroatoms. The maximum atomic E-state index is 11.2. The topological polar surface area (TPSA) is 52.6 Å². The SMILES string of the molecule is COC(=O)/C(S)=C(/SCS)C(=O)OC. The highest BCUT2D eigenvalue weighted by molar-refractivity contribution is 8.13. The highest BCUT2D eigenvalue weighted by atomic mass is 32.2. The number of ether oxygens (including phenoxy) is 2. The molecule has 0 rings (SSSR count). The van der Waals surface area contributed by atoms with Gasteiger partial charge in [-0.05, 0) is 0 Å². The molecule has 0 aliphatic carbocycles. The van der Waals surface area contributed by atoms with Crippen LogP contribution in [0, 0.1) is 0 Å². The summed E-state index contributed by atoms with van der Waals surface area (Å²) in [5.41, 5.74) is 0. The molecule has 0 fully saturated rings. The molecule has 0 unspecified atom stereocenters. The monoisotopic (exact) mass is 254 g/mol. The second kappa shape index (κ2) is 7.08. The molecule has 0 aromatic heterocycles. The van der Waals surface area contributed by atoms with E-state index in [2.05, 4.69) is 34.7 Å². The summed E-state index contributed by atoms with van der Waals surface area (Å²) in [6.45, 7) is 0. The zero-order valence-corrected chi connectivity index (χ0v) is 10.2. The van der Waals surface area contributed by atoms with Gasteiger partial charge in [0.15, 0.2) is 0 Å². The Bertz CT molecular complexity index is 262. The molecule has 0 saturated carbocycles. The van der Waals surface area contributed by atoms with Crippen molar-refractivity contribution < 1.29 is 19.1 Å². The van der Waals surface area contributed by atoms with Crippen LogP contribution in [-0.4, -0.2) is 31.2 Å². The lowest BCUT2D eigenvalue weighted by molar-refractivity contribution is -0.138. The van der Waals surface area contributed by atoms with E-state index in [0.717, 1.165) is 11.8 Å². The van der Waals surface area contributed by atoms with E-state index in [1.807, 2.05) is 0 Å². The Labute approximate surface area is 97.2 Å². The number of thiol groups is 2. The largest absolute Gasteiger partial charge is 0.465 e. The quantitative estimate of drug-likeness (QED) is 0.340. The molecule has 0 N–H and O–H groups in total. The van der Waals surface area contributed by atoms with Crippen LogP contribution in [0.4, 0.5) is 0 Å². The van der Waals surface area contributed by atoms with Crippen molar-refractivity contribution in [1.29, 1.82) is 0 Å². The Morgan fingerprint density at radius 1 is 1.21 bits per heavy atom. The van der Waals surface area contributed by atoms with Crippen molar-refractivity contribution in [2.24, 2.45) is 0 Å². The van der Waals surface area contributed by atoms with Gasteiger partial charge in [-0.25, -0.2) is 9.59 Å². The van der Waals surface area contributed by atoms with Crippen molar-refractivity contribution in [2.75, 3.05) is 19.3 Å². The van der Waals surface area contributed by atoms with Crippen LogP contribution in [0.2, 0.25) is 0 Å². The van der Waals surface area contributed by atoms with Crippen LogP contribution in [0.3, 0.4) is 0 Å². The van der Waals surface area contributed by atoms with Gasteiger partial charge in [0.1, 0.15) is 9.81 Å². The summed E-state index contributed by atoms with van der Waals surface area (Å²) in [4.78, 5) is 22.2. The Morgan fingerprint density at radius 3 is 2.07 bits per heavy atom. The van der Waals surface area contributed by atoms with E-state index < -0.39 is 11.9 Å². The highest BCUT2D eigenvalue weighted by Crippen LogP contribution is 2.25. The molecule has 14 heavy (non-hydrogen) atoms. The molecule has 0 atom stereocenters. The van der Waals surface area contributed by atoms with E-state index in [1.54, 1.807) is 0 Å². The lowest BCUT2D eigenvalue weighted by Gasteiger charge is -2.05. The minimum Gasteiger partial charge on any atom is -0.465 e. The summed E-state index contributed by atoms with van der Waals surface area (Å²) in [5.74, 6) is -1.30. The summed E-state index contributed by atoms with van der Waals surface area (Å²) in [7, 11) is 2.43. The van der Waals surface area contributed by atoms with Gasteiger partial charge < -0.3 is 9.47 Å². The molecule has 0 saturated heterocycles. The fourth-order valence-electron chi connectivity index (χ4n) is 0.571. The summed E-state index contributed by atoms with van der Waals surface area (Å²) in [6, 6.07) is 0. The molecule has 0 aliphatic heterocycles. The fraction of sp³-hybridized carbons (Fsp3) is 0.429. The van der Waals surface area contributed by atoms with Gasteiger partial charge >= 0.3 is 11.9 Å². The maximum Gasteiger partial charge on any atom is 0.345 e. The summed E-state index contributed by atoms with van der Waals surface area (Å²) >= 11 is 8.85. The molecule has 0 amide bonds. The van der Waals surface area contributed by atoms with Crippen molar-refractivity contribution in [3.8, 4) is 0 Å². The van der Waals surface area contributed by atoms with Gasteiger partial charge in [0.2, 0.25) is 0 Å². The third kappa shape index (κ3) is 3.85. The molecule has 80 valence electrons. The molecule has 0 spiro atoms. The van der Waals surface area contributed by atoms with Crippen molar-refractivity contribution in [3.05, 3.63) is 9.81 Å². The van der Waals surface area contributed by atoms with Crippen LogP contribution >= 0.6 is 37.0 Å². The van der Waals surface area contributed by atoms with E-state index in [9.17, 15) is 9.59 Å². The smallest absolute Gasteiger partial charge is 0.345 e. The van der Waals surface area contributed by atoms with E-state index >= 15 is 0 Å². The van der Waals surface area contributed by atoms with Crippen molar-refractivity contribution in [3.63, 3.8) is 0 Å². The molecule has 0 aromatic carbocycles. The minimum absolute atomic E-state index is 0.0709. The van der Waals surface area contributed by atoms with Crippen LogP contribution < -0.4 is 0 Å². The van der Waals surface area contributed by atoms with Crippen molar-refractivity contribution >= 4 is 49.0 Å². The van der Waals surface area contributed by atoms with Crippen LogP contribution in [0.15, 0.2) is 9.81 Å². The van der Waals surface area contributed by atoms with E-state index in [-0.39, 0.29) is 9.81 Å². The van der Waals surface area contributed by atoms with Gasteiger partial charge in [-0.15, -0.1) is 24.4 Å². The van der Waals surface area contributed by atoms with Gasteiger partial charge in [-0.1, -0.05) is 0 Å². The molecule has 0 bridgehead atoms. The first-order valence-electron chi connectivity index (χ1n) is 3.42. The van der Waals surface area contributed by atoms with E-state index in [4.69, 9.17) is 0 Å². The van der Waals surface area contributed by atoms with Gasteiger partial charge in [0.25, 0.3) is 0 Å². The van der Waals surface area contributed by atoms with Crippen LogP contribution in [-0.2, 0) is 19.1 Å². The van der Waals surface area contributed by atoms with Gasteiger partial charge in [-0.3, -0.25) is 0 Å². The van der Waals surface area contributed by atoms with Gasteiger partial charge in [0.05, 0.1) is 14.2 Å². The van der Waals surface area contributed by atoms with Crippen LogP contribution in [0.5, 0.6) is 0 Å². The zero-order chi connectivity index (χ0) is 11.1. The Balaban J connectivity index is 4.93. The van der Waals surface area contributed by atoms with E-state index in [1.165, 1.54) is 14.2 Å². The number of hydrogen-bond acceptors (Lipinski definition) is 7. The number of esters is 2. The van der Waals surface area contributed by atoms with E-state index in [0.29, 0.717) is 5.08 Å². The lowest BCUT2D eigenvalue weighted by atomic mass is 10.5. The Morgan fingerprint density at radius 2 is 1.71 bits per heavy atom. The third-order valence-electron chi connectivity index (χ3n) is 1.17. The Kier molecular flexibility index (Phi) is 6.94. The summed E-state index contributed by atoms with van der Waals surface area (Å²) < 4.78 is 8.89. The summed E-state index contributed by atoms with van der Waals surface area (Å²) in [6.07, 6.45) is 0. The number of thioether (sulfide) groups is 1. The average molecular weight is 254 g/mol. The third-order valence-corrected chi connectivity index (χ3v) is 2.91. The minimum atomic E-state index is -0.678. The number of hydrogen-bond donors (Lipinski definition) is 2. The predicted octanol–water partition coefficient (Wildman–Crippen LogP) is 1.09. The first-order valence-corrected chi connectivity index (χ1v) is 5.48. The van der Waals surface area contributed by atoms with Crippen molar-refractivity contribution in [2.45, 2.75) is 0 Å². The predicted molar refractivity (Wildman–Crippen MR) is 61.5 cm³/mol. The van der Waals surface area contributed by atoms with Gasteiger partial charge in [0, 0.05) is 5.08 Å². The summed E-state index contributed by atoms with van der Waals surface area (Å²) in [5, 5.41) is 0.339. The first-order chi connectivity index (χ1) is 6.58. The van der Waals surface area contributed by atoms with Crippen LogP contribution in [0.1, 0.15) is 0 Å². The standard InChI is InChI=1S/C7H10O4S3/c1-10-6(8)4(13)5(14-3-12)7(9)11-2/h12-13H,3H2,1-2H3/b5-4-. The molecular formula is C7H10O4S3. The molecule has 0 radical (unpaired) electrons. The van der Waals surface area contributed by atoms with Gasteiger partial charge in [-0.2, -0.15) is 12.6 Å². The second-order valence-corrected chi connectivity index (χ2v) is 4.11.